The summed E-state index contributed by atoms with van der Waals surface area (Å²) in [6.45, 7) is 2.67. The van der Waals surface area contributed by atoms with Gasteiger partial charge in [-0.25, -0.2) is 4.79 Å². The minimum Gasteiger partial charge on any atom is -0.467 e. The molecule has 19 heavy (non-hydrogen) atoms. The van der Waals surface area contributed by atoms with Crippen LogP contribution in [0.25, 0.3) is 0 Å². The first-order valence-corrected chi connectivity index (χ1v) is 7.86. The Hall–Kier alpha value is -0.750. The van der Waals surface area contributed by atoms with Crippen LogP contribution in [0.2, 0.25) is 0 Å². The summed E-state index contributed by atoms with van der Waals surface area (Å²) in [6, 6.07) is -0.609. The first-order valence-electron chi connectivity index (χ1n) is 6.64. The van der Waals surface area contributed by atoms with E-state index in [9.17, 15) is 9.59 Å². The molecule has 1 rings (SSSR count). The van der Waals surface area contributed by atoms with Crippen LogP contribution in [0.5, 0.6) is 0 Å². The van der Waals surface area contributed by atoms with Gasteiger partial charge in [0.05, 0.1) is 7.11 Å². The number of methoxy groups -OCH3 is 1. The van der Waals surface area contributed by atoms with Crippen molar-refractivity contribution in [3.8, 4) is 0 Å². The Kier molecular flexibility index (Phi) is 6.65. The van der Waals surface area contributed by atoms with E-state index in [1.165, 1.54) is 39.7 Å². The number of esters is 1. The van der Waals surface area contributed by atoms with Crippen molar-refractivity contribution in [2.75, 3.05) is 26.5 Å². The summed E-state index contributed by atoms with van der Waals surface area (Å²) in [5, 5.41) is 5.91. The van der Waals surface area contributed by atoms with E-state index in [2.05, 4.69) is 21.6 Å². The molecule has 0 aromatic carbocycles. The monoisotopic (exact) mass is 288 g/mol. The number of carbonyl (C=O) groups is 2. The minimum atomic E-state index is -0.609. The van der Waals surface area contributed by atoms with Crippen LogP contribution in [0.4, 0.5) is 0 Å². The second-order valence-corrected chi connectivity index (χ2v) is 6.28. The zero-order valence-electron chi connectivity index (χ0n) is 12.0. The van der Waals surface area contributed by atoms with Crippen molar-refractivity contribution in [1.29, 1.82) is 0 Å². The zero-order chi connectivity index (χ0) is 14.3. The molecule has 0 saturated heterocycles. The van der Waals surface area contributed by atoms with Crippen molar-refractivity contribution in [3.05, 3.63) is 0 Å². The fraction of sp³-hybridized carbons (Fsp3) is 0.846. The van der Waals surface area contributed by atoms with E-state index in [4.69, 9.17) is 0 Å². The summed E-state index contributed by atoms with van der Waals surface area (Å²) in [4.78, 5) is 22.6. The molecule has 1 unspecified atom stereocenters. The molecule has 1 saturated carbocycles. The minimum absolute atomic E-state index is 0.224. The van der Waals surface area contributed by atoms with Crippen molar-refractivity contribution in [2.45, 2.75) is 43.4 Å². The predicted molar refractivity (Wildman–Crippen MR) is 77.2 cm³/mol. The average Bonchev–Trinajstić information content (AvgIpc) is 2.85. The van der Waals surface area contributed by atoms with Gasteiger partial charge in [0, 0.05) is 24.8 Å². The van der Waals surface area contributed by atoms with Crippen molar-refractivity contribution >= 4 is 23.6 Å². The number of hydrogen-bond acceptors (Lipinski definition) is 5. The van der Waals surface area contributed by atoms with E-state index in [1.807, 2.05) is 11.8 Å². The van der Waals surface area contributed by atoms with Crippen LogP contribution >= 0.6 is 11.8 Å². The lowest BCUT2D eigenvalue weighted by atomic mass is 10.1. The maximum atomic E-state index is 11.5. The summed E-state index contributed by atoms with van der Waals surface area (Å²) in [5.74, 6) is -0.634. The topological polar surface area (TPSA) is 67.4 Å². The second-order valence-electron chi connectivity index (χ2n) is 5.00. The maximum Gasteiger partial charge on any atom is 0.329 e. The Bertz CT molecular complexity index is 317. The molecule has 1 aliphatic rings. The van der Waals surface area contributed by atoms with E-state index < -0.39 is 12.0 Å². The molecule has 0 spiro atoms. The molecule has 0 aliphatic heterocycles. The molecule has 1 amide bonds. The average molecular weight is 288 g/mol. The van der Waals surface area contributed by atoms with Crippen molar-refractivity contribution in [2.24, 2.45) is 0 Å². The molecule has 1 atom stereocenters. The SMILES string of the molecule is COC(=O)C(CNCC1(SC)CCCC1)NC(C)=O. The third-order valence-electron chi connectivity index (χ3n) is 3.61. The van der Waals surface area contributed by atoms with Gasteiger partial charge in [-0.3, -0.25) is 4.79 Å². The largest absolute Gasteiger partial charge is 0.467 e. The molecule has 1 fully saturated rings. The molecule has 5 nitrogen and oxygen atoms in total. The molecule has 0 bridgehead atoms. The van der Waals surface area contributed by atoms with E-state index in [0.717, 1.165) is 6.54 Å². The highest BCUT2D eigenvalue weighted by Crippen LogP contribution is 2.39. The lowest BCUT2D eigenvalue weighted by Gasteiger charge is -2.28. The van der Waals surface area contributed by atoms with Gasteiger partial charge in [-0.1, -0.05) is 12.8 Å². The van der Waals surface area contributed by atoms with E-state index in [-0.39, 0.29) is 10.7 Å². The molecule has 0 aromatic rings. The predicted octanol–water partition coefficient (Wildman–Crippen LogP) is 0.929. The van der Waals surface area contributed by atoms with Gasteiger partial charge < -0.3 is 15.4 Å². The summed E-state index contributed by atoms with van der Waals surface area (Å²) in [6.07, 6.45) is 7.11. The molecule has 0 radical (unpaired) electrons. The fourth-order valence-corrected chi connectivity index (χ4v) is 3.44. The Balaban J connectivity index is 2.42. The zero-order valence-corrected chi connectivity index (χ0v) is 12.8. The number of thioether (sulfide) groups is 1. The van der Waals surface area contributed by atoms with Crippen LogP contribution in [0, 0.1) is 0 Å². The van der Waals surface area contributed by atoms with Gasteiger partial charge in [-0.15, -0.1) is 0 Å². The van der Waals surface area contributed by atoms with Gasteiger partial charge in [0.25, 0.3) is 0 Å². The highest BCUT2D eigenvalue weighted by atomic mass is 32.2. The molecule has 0 aromatic heterocycles. The summed E-state index contributed by atoms with van der Waals surface area (Å²) in [5.41, 5.74) is 0. The van der Waals surface area contributed by atoms with Crippen LogP contribution < -0.4 is 10.6 Å². The third-order valence-corrected chi connectivity index (χ3v) is 5.03. The lowest BCUT2D eigenvalue weighted by Crippen LogP contribution is -2.49. The Labute approximate surface area is 119 Å². The summed E-state index contributed by atoms with van der Waals surface area (Å²) in [7, 11) is 1.33. The lowest BCUT2D eigenvalue weighted by molar-refractivity contribution is -0.144. The van der Waals surface area contributed by atoms with Gasteiger partial charge in [-0.2, -0.15) is 11.8 Å². The Morgan fingerprint density at radius 3 is 2.47 bits per heavy atom. The Morgan fingerprint density at radius 2 is 2.00 bits per heavy atom. The van der Waals surface area contributed by atoms with Crippen molar-refractivity contribution in [1.82, 2.24) is 10.6 Å². The fourth-order valence-electron chi connectivity index (χ4n) is 2.50. The van der Waals surface area contributed by atoms with Crippen LogP contribution in [0.15, 0.2) is 0 Å². The van der Waals surface area contributed by atoms with Crippen LogP contribution in [0.3, 0.4) is 0 Å². The van der Waals surface area contributed by atoms with E-state index in [0.29, 0.717) is 6.54 Å². The maximum absolute atomic E-state index is 11.5. The first-order chi connectivity index (χ1) is 9.03. The van der Waals surface area contributed by atoms with Gasteiger partial charge in [0.15, 0.2) is 0 Å². The molecule has 0 heterocycles. The molecule has 2 N–H and O–H groups in total. The van der Waals surface area contributed by atoms with Crippen molar-refractivity contribution in [3.63, 3.8) is 0 Å². The van der Waals surface area contributed by atoms with Crippen molar-refractivity contribution < 1.29 is 14.3 Å². The number of rotatable bonds is 7. The summed E-state index contributed by atoms with van der Waals surface area (Å²) < 4.78 is 4.98. The smallest absolute Gasteiger partial charge is 0.329 e. The third kappa shape index (κ3) is 5.03. The quantitative estimate of drug-likeness (QED) is 0.682. The molecule has 110 valence electrons. The van der Waals surface area contributed by atoms with E-state index in [1.54, 1.807) is 0 Å². The van der Waals surface area contributed by atoms with Gasteiger partial charge in [0.1, 0.15) is 6.04 Å². The van der Waals surface area contributed by atoms with Gasteiger partial charge in [0.2, 0.25) is 5.91 Å². The van der Waals surface area contributed by atoms with Crippen LogP contribution in [0.1, 0.15) is 32.6 Å². The highest BCUT2D eigenvalue weighted by Gasteiger charge is 2.33. The molecular formula is C13H24N2O3S. The van der Waals surface area contributed by atoms with Gasteiger partial charge >= 0.3 is 5.97 Å². The molecule has 1 aliphatic carbocycles. The molecular weight excluding hydrogens is 264 g/mol. The molecule has 6 heteroatoms. The highest BCUT2D eigenvalue weighted by molar-refractivity contribution is 8.00. The van der Waals surface area contributed by atoms with Crippen LogP contribution in [-0.2, 0) is 14.3 Å². The number of amides is 1. The van der Waals surface area contributed by atoms with E-state index >= 15 is 0 Å². The first kappa shape index (κ1) is 16.3. The number of hydrogen-bond donors (Lipinski definition) is 2. The number of carbonyl (C=O) groups excluding carboxylic acids is 2. The number of nitrogens with one attached hydrogen (secondary N) is 2. The Morgan fingerprint density at radius 1 is 1.37 bits per heavy atom. The second kappa shape index (κ2) is 7.75. The standard InChI is InChI=1S/C13H24N2O3S/c1-10(16)15-11(12(17)18-2)8-14-9-13(19-3)6-4-5-7-13/h11,14H,4-9H2,1-3H3,(H,15,16). The summed E-state index contributed by atoms with van der Waals surface area (Å²) >= 11 is 1.89. The normalized spacial score (nSPS) is 18.9. The number of ether oxygens (including phenoxy) is 1. The van der Waals surface area contributed by atoms with Crippen LogP contribution in [-0.4, -0.2) is 49.1 Å². The van der Waals surface area contributed by atoms with Gasteiger partial charge in [-0.05, 0) is 19.1 Å².